The molecule has 7 nitrogen and oxygen atoms in total. The van der Waals surface area contributed by atoms with Gasteiger partial charge in [0.15, 0.2) is 0 Å². The molecule has 0 atom stereocenters. The zero-order valence-corrected chi connectivity index (χ0v) is 11.7. The monoisotopic (exact) mass is 292 g/mol. The van der Waals surface area contributed by atoms with E-state index in [-0.39, 0.29) is 18.9 Å². The number of ether oxygens (including phenoxy) is 2. The number of amides is 1. The Hall–Kier alpha value is -2.70. The maximum absolute atomic E-state index is 12.0. The van der Waals surface area contributed by atoms with Crippen LogP contribution >= 0.6 is 0 Å². The minimum Gasteiger partial charge on any atom is -0.496 e. The van der Waals surface area contributed by atoms with Gasteiger partial charge in [0.25, 0.3) is 5.91 Å². The number of carbonyl (C=O) groups excluding carboxylic acids is 1. The van der Waals surface area contributed by atoms with E-state index in [4.69, 9.17) is 14.6 Å². The highest BCUT2D eigenvalue weighted by Crippen LogP contribution is 2.33. The molecule has 0 spiro atoms. The van der Waals surface area contributed by atoms with Crippen LogP contribution in [0.3, 0.4) is 0 Å². The van der Waals surface area contributed by atoms with Crippen LogP contribution in [0, 0.1) is 0 Å². The molecule has 0 saturated heterocycles. The Morgan fingerprint density at radius 1 is 1.24 bits per heavy atom. The SMILES string of the molecule is COc1ccc(OC)c2[nH]c(C(=O)NCCC(=O)O)cc12. The number of fused-ring (bicyclic) bond motifs is 1. The Bertz CT molecular complexity index is 636. The number of carboxylic acid groups (broad SMARTS) is 1. The lowest BCUT2D eigenvalue weighted by Gasteiger charge is -2.05. The lowest BCUT2D eigenvalue weighted by atomic mass is 10.2. The molecule has 1 aromatic heterocycles. The van der Waals surface area contributed by atoms with Gasteiger partial charge >= 0.3 is 5.97 Å². The number of hydrogen-bond donors (Lipinski definition) is 3. The average molecular weight is 292 g/mol. The molecule has 0 aliphatic rings. The van der Waals surface area contributed by atoms with Crippen LogP contribution in [0.4, 0.5) is 0 Å². The van der Waals surface area contributed by atoms with Gasteiger partial charge in [-0.3, -0.25) is 9.59 Å². The summed E-state index contributed by atoms with van der Waals surface area (Å²) >= 11 is 0. The molecule has 2 rings (SSSR count). The molecule has 1 aromatic carbocycles. The first kappa shape index (κ1) is 14.7. The maximum atomic E-state index is 12.0. The van der Waals surface area contributed by atoms with E-state index in [2.05, 4.69) is 10.3 Å². The van der Waals surface area contributed by atoms with Crippen molar-refractivity contribution < 1.29 is 24.2 Å². The predicted molar refractivity (Wildman–Crippen MR) is 76.0 cm³/mol. The maximum Gasteiger partial charge on any atom is 0.305 e. The highest BCUT2D eigenvalue weighted by Gasteiger charge is 2.15. The van der Waals surface area contributed by atoms with Crippen molar-refractivity contribution in [1.82, 2.24) is 10.3 Å². The lowest BCUT2D eigenvalue weighted by Crippen LogP contribution is -2.26. The van der Waals surface area contributed by atoms with Crippen LogP contribution in [0.5, 0.6) is 11.5 Å². The number of benzene rings is 1. The Labute approximate surface area is 120 Å². The van der Waals surface area contributed by atoms with Crippen LogP contribution in [0.15, 0.2) is 18.2 Å². The summed E-state index contributed by atoms with van der Waals surface area (Å²) in [5, 5.41) is 11.8. The Morgan fingerprint density at radius 2 is 1.90 bits per heavy atom. The van der Waals surface area contributed by atoms with E-state index < -0.39 is 5.97 Å². The van der Waals surface area contributed by atoms with Crippen LogP contribution in [0.2, 0.25) is 0 Å². The minimum atomic E-state index is -0.963. The Kier molecular flexibility index (Phi) is 4.32. The topological polar surface area (TPSA) is 101 Å². The number of carbonyl (C=O) groups is 2. The van der Waals surface area contributed by atoms with E-state index in [0.717, 1.165) is 5.39 Å². The first-order valence-corrected chi connectivity index (χ1v) is 6.30. The number of nitrogens with one attached hydrogen (secondary N) is 2. The summed E-state index contributed by atoms with van der Waals surface area (Å²) in [5.41, 5.74) is 0.971. The van der Waals surface area contributed by atoms with Crippen molar-refractivity contribution in [2.45, 2.75) is 6.42 Å². The van der Waals surface area contributed by atoms with E-state index in [1.807, 2.05) is 0 Å². The van der Waals surface area contributed by atoms with Crippen molar-refractivity contribution in [2.75, 3.05) is 20.8 Å². The van der Waals surface area contributed by atoms with Gasteiger partial charge in [0.05, 0.1) is 26.2 Å². The van der Waals surface area contributed by atoms with Crippen molar-refractivity contribution >= 4 is 22.8 Å². The van der Waals surface area contributed by atoms with E-state index in [0.29, 0.717) is 22.7 Å². The van der Waals surface area contributed by atoms with Gasteiger partial charge in [-0.15, -0.1) is 0 Å². The number of aromatic amines is 1. The summed E-state index contributed by atoms with van der Waals surface area (Å²) in [6, 6.07) is 5.14. The Balaban J connectivity index is 2.29. The lowest BCUT2D eigenvalue weighted by molar-refractivity contribution is -0.136. The molecule has 21 heavy (non-hydrogen) atoms. The van der Waals surface area contributed by atoms with Crippen molar-refractivity contribution in [1.29, 1.82) is 0 Å². The van der Waals surface area contributed by atoms with Gasteiger partial charge < -0.3 is 24.9 Å². The average Bonchev–Trinajstić information content (AvgIpc) is 2.90. The van der Waals surface area contributed by atoms with Crippen LogP contribution in [0.1, 0.15) is 16.9 Å². The molecule has 0 bridgehead atoms. The van der Waals surface area contributed by atoms with Crippen molar-refractivity contribution in [3.8, 4) is 11.5 Å². The number of aromatic nitrogens is 1. The number of hydrogen-bond acceptors (Lipinski definition) is 4. The zero-order chi connectivity index (χ0) is 15.4. The van der Waals surface area contributed by atoms with Crippen molar-refractivity contribution in [3.63, 3.8) is 0 Å². The molecule has 0 aliphatic carbocycles. The largest absolute Gasteiger partial charge is 0.496 e. The molecular weight excluding hydrogens is 276 g/mol. The summed E-state index contributed by atoms with van der Waals surface area (Å²) in [4.78, 5) is 25.4. The molecule has 0 radical (unpaired) electrons. The van der Waals surface area contributed by atoms with Gasteiger partial charge in [-0.25, -0.2) is 0 Å². The van der Waals surface area contributed by atoms with Gasteiger partial charge in [0.1, 0.15) is 17.2 Å². The smallest absolute Gasteiger partial charge is 0.305 e. The molecule has 7 heteroatoms. The molecule has 2 aromatic rings. The quantitative estimate of drug-likeness (QED) is 0.747. The first-order chi connectivity index (χ1) is 10.1. The van der Waals surface area contributed by atoms with Gasteiger partial charge in [0, 0.05) is 11.9 Å². The fourth-order valence-corrected chi connectivity index (χ4v) is 2.02. The molecule has 0 aliphatic heterocycles. The summed E-state index contributed by atoms with van der Waals surface area (Å²) in [5.74, 6) is -0.131. The van der Waals surface area contributed by atoms with E-state index in [9.17, 15) is 9.59 Å². The highest BCUT2D eigenvalue weighted by molar-refractivity contribution is 6.01. The second-order valence-corrected chi connectivity index (χ2v) is 4.34. The second kappa shape index (κ2) is 6.17. The Morgan fingerprint density at radius 3 is 2.52 bits per heavy atom. The zero-order valence-electron chi connectivity index (χ0n) is 11.7. The summed E-state index contributed by atoms with van der Waals surface area (Å²) < 4.78 is 10.5. The molecule has 0 saturated carbocycles. The van der Waals surface area contributed by atoms with E-state index in [1.165, 1.54) is 7.11 Å². The number of rotatable bonds is 6. The highest BCUT2D eigenvalue weighted by atomic mass is 16.5. The number of H-pyrrole nitrogens is 1. The molecule has 112 valence electrons. The van der Waals surface area contributed by atoms with Gasteiger partial charge in [0.2, 0.25) is 0 Å². The summed E-state index contributed by atoms with van der Waals surface area (Å²) in [6.07, 6.45) is -0.126. The predicted octanol–water partition coefficient (Wildman–Crippen LogP) is 1.39. The van der Waals surface area contributed by atoms with Crippen LogP contribution in [-0.4, -0.2) is 42.7 Å². The number of carboxylic acids is 1. The third kappa shape index (κ3) is 3.07. The number of methoxy groups -OCH3 is 2. The molecule has 1 heterocycles. The number of aliphatic carboxylic acids is 1. The van der Waals surface area contributed by atoms with Gasteiger partial charge in [-0.1, -0.05) is 0 Å². The summed E-state index contributed by atoms with van der Waals surface area (Å²) in [7, 11) is 3.08. The molecule has 0 unspecified atom stereocenters. The minimum absolute atomic E-state index is 0.0673. The van der Waals surface area contributed by atoms with Gasteiger partial charge in [-0.2, -0.15) is 0 Å². The van der Waals surface area contributed by atoms with Crippen LogP contribution in [-0.2, 0) is 4.79 Å². The van der Waals surface area contributed by atoms with E-state index in [1.54, 1.807) is 25.3 Å². The first-order valence-electron chi connectivity index (χ1n) is 6.30. The molecular formula is C14H16N2O5. The standard InChI is InChI=1S/C14H16N2O5/c1-20-10-3-4-11(21-2)13-8(10)7-9(16-13)14(19)15-6-5-12(17)18/h3-4,7,16H,5-6H2,1-2H3,(H,15,19)(H,17,18). The van der Waals surface area contributed by atoms with Crippen LogP contribution < -0.4 is 14.8 Å². The summed E-state index contributed by atoms with van der Waals surface area (Å²) in [6.45, 7) is 0.0673. The molecule has 1 amide bonds. The normalized spacial score (nSPS) is 10.4. The van der Waals surface area contributed by atoms with Crippen molar-refractivity contribution in [2.24, 2.45) is 0 Å². The second-order valence-electron chi connectivity index (χ2n) is 4.34. The third-order valence-corrected chi connectivity index (χ3v) is 3.02. The molecule has 3 N–H and O–H groups in total. The van der Waals surface area contributed by atoms with Crippen LogP contribution in [0.25, 0.3) is 10.9 Å². The third-order valence-electron chi connectivity index (χ3n) is 3.02. The van der Waals surface area contributed by atoms with Crippen molar-refractivity contribution in [3.05, 3.63) is 23.9 Å². The van der Waals surface area contributed by atoms with E-state index >= 15 is 0 Å². The molecule has 0 fully saturated rings. The van der Waals surface area contributed by atoms with Gasteiger partial charge in [-0.05, 0) is 18.2 Å². The fraction of sp³-hybridized carbons (Fsp3) is 0.286. The fourth-order valence-electron chi connectivity index (χ4n) is 2.02.